The number of aliphatic carboxylic acids is 1. The summed E-state index contributed by atoms with van der Waals surface area (Å²) in [6, 6.07) is 14.0. The first-order valence-electron chi connectivity index (χ1n) is 12.0. The number of carbonyl (C=O) groups is 3. The third-order valence-corrected chi connectivity index (χ3v) is 6.78. The maximum absolute atomic E-state index is 14.7. The molecular formula is C28H26FN3O8S. The van der Waals surface area contributed by atoms with Crippen LogP contribution in [-0.4, -0.2) is 43.2 Å². The van der Waals surface area contributed by atoms with Crippen molar-refractivity contribution in [2.45, 2.75) is 43.7 Å². The number of nitriles is 1. The highest BCUT2D eigenvalue weighted by Gasteiger charge is 2.26. The Morgan fingerprint density at radius 2 is 1.66 bits per heavy atom. The van der Waals surface area contributed by atoms with Crippen LogP contribution in [-0.2, 0) is 26.0 Å². The highest BCUT2D eigenvalue weighted by molar-refractivity contribution is 7.89. The van der Waals surface area contributed by atoms with E-state index in [1.165, 1.54) is 42.5 Å². The van der Waals surface area contributed by atoms with Crippen molar-refractivity contribution in [2.24, 2.45) is 0 Å². The summed E-state index contributed by atoms with van der Waals surface area (Å²) in [5, 5.41) is 20.9. The molecule has 41 heavy (non-hydrogen) atoms. The van der Waals surface area contributed by atoms with Crippen LogP contribution < -0.4 is 14.8 Å². The molecule has 0 radical (unpaired) electrons. The van der Waals surface area contributed by atoms with Crippen LogP contribution in [0.2, 0.25) is 0 Å². The molecular weight excluding hydrogens is 557 g/mol. The standard InChI is InChI=1S/C28H26FN3O8S/c1-28(2,3)40-27(36)31-20-9-7-19(8-10-20)26(35)39-24-13-6-18(14-22(24)29)15-23(25(33)34)32-41(37,38)21-11-4-17(16-30)5-12-21/h4-14,23,32H,15H2,1-3H3,(H,31,36)(H,33,34). The van der Waals surface area contributed by atoms with Crippen LogP contribution in [0.25, 0.3) is 0 Å². The van der Waals surface area contributed by atoms with Gasteiger partial charge in [0.05, 0.1) is 22.1 Å². The van der Waals surface area contributed by atoms with Crippen molar-refractivity contribution in [3.63, 3.8) is 0 Å². The number of rotatable bonds is 9. The molecule has 214 valence electrons. The van der Waals surface area contributed by atoms with Crippen LogP contribution in [0.15, 0.2) is 71.6 Å². The lowest BCUT2D eigenvalue weighted by Crippen LogP contribution is -2.42. The Labute approximate surface area is 235 Å². The smallest absolute Gasteiger partial charge is 0.412 e. The summed E-state index contributed by atoms with van der Waals surface area (Å²) in [6.45, 7) is 5.13. The Kier molecular flexibility index (Phi) is 9.43. The average molecular weight is 584 g/mol. The van der Waals surface area contributed by atoms with Crippen LogP contribution in [0.1, 0.15) is 42.3 Å². The third-order valence-electron chi connectivity index (χ3n) is 5.29. The molecule has 1 amide bonds. The van der Waals surface area contributed by atoms with Gasteiger partial charge in [-0.2, -0.15) is 9.98 Å². The number of hydrogen-bond acceptors (Lipinski definition) is 8. The minimum atomic E-state index is -4.27. The molecule has 3 aromatic rings. The molecule has 3 rings (SSSR count). The van der Waals surface area contributed by atoms with E-state index in [4.69, 9.17) is 14.7 Å². The molecule has 0 fully saturated rings. The zero-order valence-electron chi connectivity index (χ0n) is 22.2. The summed E-state index contributed by atoms with van der Waals surface area (Å²) in [4.78, 5) is 35.9. The van der Waals surface area contributed by atoms with Gasteiger partial charge in [-0.1, -0.05) is 6.07 Å². The van der Waals surface area contributed by atoms with Crippen molar-refractivity contribution >= 4 is 33.7 Å². The number of esters is 1. The van der Waals surface area contributed by atoms with Crippen LogP contribution in [0.5, 0.6) is 5.75 Å². The van der Waals surface area contributed by atoms with Crippen molar-refractivity contribution < 1.29 is 41.8 Å². The lowest BCUT2D eigenvalue weighted by Gasteiger charge is -2.19. The van der Waals surface area contributed by atoms with E-state index in [9.17, 15) is 32.3 Å². The molecule has 3 aromatic carbocycles. The lowest BCUT2D eigenvalue weighted by atomic mass is 10.1. The van der Waals surface area contributed by atoms with E-state index < -0.39 is 57.7 Å². The number of halogens is 1. The predicted octanol–water partition coefficient (Wildman–Crippen LogP) is 4.24. The maximum Gasteiger partial charge on any atom is 0.412 e. The van der Waals surface area contributed by atoms with E-state index in [0.717, 1.165) is 24.3 Å². The number of hydrogen-bond donors (Lipinski definition) is 3. The Balaban J connectivity index is 1.66. The van der Waals surface area contributed by atoms with Gasteiger partial charge in [-0.15, -0.1) is 0 Å². The predicted molar refractivity (Wildman–Crippen MR) is 144 cm³/mol. The van der Waals surface area contributed by atoms with Crippen molar-refractivity contribution in [2.75, 3.05) is 5.32 Å². The number of nitrogens with one attached hydrogen (secondary N) is 2. The average Bonchev–Trinajstić information content (AvgIpc) is 2.89. The van der Waals surface area contributed by atoms with Gasteiger partial charge < -0.3 is 14.6 Å². The first-order chi connectivity index (χ1) is 19.2. The van der Waals surface area contributed by atoms with Crippen molar-refractivity contribution in [3.8, 4) is 11.8 Å². The number of carboxylic acid groups (broad SMARTS) is 1. The second-order valence-electron chi connectivity index (χ2n) is 9.71. The largest absolute Gasteiger partial charge is 0.480 e. The van der Waals surface area contributed by atoms with E-state index >= 15 is 0 Å². The number of carbonyl (C=O) groups excluding carboxylic acids is 2. The van der Waals surface area contributed by atoms with Gasteiger partial charge in [0.1, 0.15) is 11.6 Å². The SMILES string of the molecule is CC(C)(C)OC(=O)Nc1ccc(C(=O)Oc2ccc(CC(NS(=O)(=O)c3ccc(C#N)cc3)C(=O)O)cc2F)cc1. The summed E-state index contributed by atoms with van der Waals surface area (Å²) in [7, 11) is -4.27. The van der Waals surface area contributed by atoms with Gasteiger partial charge in [-0.3, -0.25) is 10.1 Å². The normalized spacial score (nSPS) is 12.1. The molecule has 0 aliphatic rings. The molecule has 0 aromatic heterocycles. The highest BCUT2D eigenvalue weighted by atomic mass is 32.2. The Morgan fingerprint density at radius 3 is 2.20 bits per heavy atom. The summed E-state index contributed by atoms with van der Waals surface area (Å²) >= 11 is 0. The molecule has 1 atom stereocenters. The summed E-state index contributed by atoms with van der Waals surface area (Å²) in [5.41, 5.74) is 0.0695. The number of amides is 1. The monoisotopic (exact) mass is 583 g/mol. The van der Waals surface area contributed by atoms with E-state index in [1.807, 2.05) is 6.07 Å². The zero-order valence-corrected chi connectivity index (χ0v) is 23.0. The van der Waals surface area contributed by atoms with Gasteiger partial charge in [-0.05, 0) is 93.4 Å². The zero-order chi connectivity index (χ0) is 30.4. The number of anilines is 1. The minimum absolute atomic E-state index is 0.0614. The molecule has 0 aliphatic heterocycles. The van der Waals surface area contributed by atoms with Crippen molar-refractivity contribution in [1.82, 2.24) is 4.72 Å². The number of ether oxygens (including phenoxy) is 2. The van der Waals surface area contributed by atoms with E-state index in [-0.39, 0.29) is 21.6 Å². The van der Waals surface area contributed by atoms with Crippen LogP contribution >= 0.6 is 0 Å². The number of carboxylic acids is 1. The Morgan fingerprint density at radius 1 is 1.02 bits per heavy atom. The van der Waals surface area contributed by atoms with Crippen molar-refractivity contribution in [1.29, 1.82) is 5.26 Å². The quantitative estimate of drug-likeness (QED) is 0.246. The molecule has 0 saturated heterocycles. The lowest BCUT2D eigenvalue weighted by molar-refractivity contribution is -0.138. The summed E-state index contributed by atoms with van der Waals surface area (Å²) in [6.07, 6.45) is -1.09. The molecule has 1 unspecified atom stereocenters. The van der Waals surface area contributed by atoms with Gasteiger partial charge in [0, 0.05) is 5.69 Å². The fraction of sp³-hybridized carbons (Fsp3) is 0.214. The van der Waals surface area contributed by atoms with Gasteiger partial charge >= 0.3 is 18.0 Å². The first kappa shape index (κ1) is 30.7. The van der Waals surface area contributed by atoms with Crippen LogP contribution in [0.3, 0.4) is 0 Å². The Bertz CT molecular complexity index is 1590. The van der Waals surface area contributed by atoms with E-state index in [0.29, 0.717) is 5.69 Å². The second kappa shape index (κ2) is 12.6. The van der Waals surface area contributed by atoms with Gasteiger partial charge in [0.2, 0.25) is 10.0 Å². The Hall–Kier alpha value is -4.80. The fourth-order valence-corrected chi connectivity index (χ4v) is 4.59. The van der Waals surface area contributed by atoms with Gasteiger partial charge in [0.15, 0.2) is 11.6 Å². The molecule has 13 heteroatoms. The van der Waals surface area contributed by atoms with Gasteiger partial charge in [0.25, 0.3) is 0 Å². The second-order valence-corrected chi connectivity index (χ2v) is 11.4. The number of sulfonamides is 1. The number of benzene rings is 3. The molecule has 0 aliphatic carbocycles. The number of nitrogens with zero attached hydrogens (tertiary/aromatic N) is 1. The van der Waals surface area contributed by atoms with Crippen LogP contribution in [0.4, 0.5) is 14.9 Å². The van der Waals surface area contributed by atoms with Crippen LogP contribution in [0, 0.1) is 17.1 Å². The highest BCUT2D eigenvalue weighted by Crippen LogP contribution is 2.22. The topological polar surface area (TPSA) is 172 Å². The van der Waals surface area contributed by atoms with Crippen molar-refractivity contribution in [3.05, 3.63) is 89.2 Å². The molecule has 0 spiro atoms. The van der Waals surface area contributed by atoms with E-state index in [1.54, 1.807) is 20.8 Å². The summed E-state index contributed by atoms with van der Waals surface area (Å²) in [5.74, 6) is -3.79. The molecule has 11 nitrogen and oxygen atoms in total. The third kappa shape index (κ3) is 8.85. The van der Waals surface area contributed by atoms with E-state index in [2.05, 4.69) is 10.0 Å². The fourth-order valence-electron chi connectivity index (χ4n) is 3.40. The molecule has 3 N–H and O–H groups in total. The minimum Gasteiger partial charge on any atom is -0.480 e. The molecule has 0 heterocycles. The molecule has 0 saturated carbocycles. The molecule has 0 bridgehead atoms. The maximum atomic E-state index is 14.7. The van der Waals surface area contributed by atoms with Gasteiger partial charge in [-0.25, -0.2) is 22.4 Å². The summed E-state index contributed by atoms with van der Waals surface area (Å²) < 4.78 is 52.3. The first-order valence-corrected chi connectivity index (χ1v) is 13.5.